The summed E-state index contributed by atoms with van der Waals surface area (Å²) in [5.41, 5.74) is 2.23. The molecule has 78 heavy (non-hydrogen) atoms. The maximum atomic E-state index is 15.0. The smallest absolute Gasteiger partial charge is 0.252 e. The molecule has 5 aliphatic rings. The average molecular weight is 1080 g/mol. The average Bonchev–Trinajstić information content (AvgIpc) is 4.19. The van der Waals surface area contributed by atoms with Gasteiger partial charge in [0.1, 0.15) is 29.2 Å². The summed E-state index contributed by atoms with van der Waals surface area (Å²) >= 11 is 0. The van der Waals surface area contributed by atoms with Crippen LogP contribution in [0.1, 0.15) is 74.4 Å². The second-order valence-electron chi connectivity index (χ2n) is 21.9. The predicted octanol–water partition coefficient (Wildman–Crippen LogP) is 4.45. The predicted molar refractivity (Wildman–Crippen MR) is 290 cm³/mol. The zero-order chi connectivity index (χ0) is 55.3. The van der Waals surface area contributed by atoms with Crippen molar-refractivity contribution in [1.29, 1.82) is 0 Å². The molecule has 4 aromatic carbocycles. The monoisotopic (exact) mass is 1080 g/mol. The van der Waals surface area contributed by atoms with Gasteiger partial charge in [-0.2, -0.15) is 0 Å². The maximum absolute atomic E-state index is 15.0. The van der Waals surface area contributed by atoms with Crippen molar-refractivity contribution in [2.24, 2.45) is 5.92 Å². The Morgan fingerprint density at radius 2 is 1.62 bits per heavy atom. The number of amides is 5. The maximum Gasteiger partial charge on any atom is 0.252 e. The van der Waals surface area contributed by atoms with Crippen LogP contribution in [0.25, 0.3) is 0 Å². The van der Waals surface area contributed by atoms with Gasteiger partial charge in [0.15, 0.2) is 0 Å². The summed E-state index contributed by atoms with van der Waals surface area (Å²) in [4.78, 5) is 80.1. The summed E-state index contributed by atoms with van der Waals surface area (Å²) in [6, 6.07) is 18.5. The number of halogens is 3. The van der Waals surface area contributed by atoms with Gasteiger partial charge in [0.2, 0.25) is 23.6 Å². The highest BCUT2D eigenvalue weighted by atomic mass is 19.1. The van der Waals surface area contributed by atoms with Crippen LogP contribution in [0.3, 0.4) is 0 Å². The van der Waals surface area contributed by atoms with Crippen LogP contribution in [0.2, 0.25) is 0 Å². The zero-order valence-electron chi connectivity index (χ0n) is 45.1. The van der Waals surface area contributed by atoms with Crippen LogP contribution < -0.4 is 36.8 Å². The van der Waals surface area contributed by atoms with Gasteiger partial charge in [-0.3, -0.25) is 33.8 Å². The van der Waals surface area contributed by atoms with Crippen LogP contribution in [0.15, 0.2) is 78.9 Å². The van der Waals surface area contributed by atoms with Crippen molar-refractivity contribution < 1.29 is 46.6 Å². The van der Waals surface area contributed by atoms with E-state index in [1.165, 1.54) is 23.1 Å². The molecule has 5 amide bonds. The van der Waals surface area contributed by atoms with Crippen molar-refractivity contribution in [3.05, 3.63) is 124 Å². The molecule has 9 rings (SSSR count). The molecule has 3 fully saturated rings. The molecule has 5 heterocycles. The number of hydrogen-bond acceptors (Lipinski definition) is 12. The van der Waals surface area contributed by atoms with Crippen LogP contribution in [0.4, 0.5) is 30.2 Å². The third-order valence-corrected chi connectivity index (χ3v) is 16.2. The number of nitrogens with zero attached hydrogens (tertiary/aromatic N) is 4. The summed E-state index contributed by atoms with van der Waals surface area (Å²) in [6.07, 6.45) is 1.68. The fourth-order valence-corrected chi connectivity index (χ4v) is 11.5. The fourth-order valence-electron chi connectivity index (χ4n) is 11.5. The first-order valence-electron chi connectivity index (χ1n) is 27.2. The Kier molecular flexibility index (Phi) is 18.0. The van der Waals surface area contributed by atoms with Crippen LogP contribution in [0, 0.1) is 23.4 Å². The van der Waals surface area contributed by atoms with E-state index in [0.29, 0.717) is 87.7 Å². The molecule has 418 valence electrons. The Balaban J connectivity index is 0.928. The number of likely N-dealkylation sites (N-methyl/N-ethyl adjacent to an activating group) is 1. The number of morpholine rings is 1. The molecule has 0 aromatic heterocycles. The van der Waals surface area contributed by atoms with Crippen molar-refractivity contribution in [1.82, 2.24) is 36.0 Å². The number of para-hydroxylation sites is 1. The number of anilines is 3. The lowest BCUT2D eigenvalue weighted by Gasteiger charge is -2.43. The van der Waals surface area contributed by atoms with Crippen LogP contribution in [0.5, 0.6) is 0 Å². The third-order valence-electron chi connectivity index (χ3n) is 16.2. The normalized spacial score (nSPS) is 23.5. The molecule has 3 saturated heterocycles. The molecule has 0 aliphatic carbocycles. The van der Waals surface area contributed by atoms with Gasteiger partial charge in [-0.1, -0.05) is 36.4 Å². The van der Waals surface area contributed by atoms with E-state index in [1.54, 1.807) is 42.2 Å². The Hall–Kier alpha value is -6.26. The number of nitrogens with one attached hydrogen (secondary N) is 6. The van der Waals surface area contributed by atoms with Gasteiger partial charge < -0.3 is 51.2 Å². The Bertz CT molecular complexity index is 2820. The van der Waals surface area contributed by atoms with Crippen molar-refractivity contribution >= 4 is 46.6 Å². The van der Waals surface area contributed by atoms with Gasteiger partial charge in [0.25, 0.3) is 5.91 Å². The van der Waals surface area contributed by atoms with E-state index in [4.69, 9.17) is 9.47 Å². The van der Waals surface area contributed by atoms with Gasteiger partial charge in [-0.15, -0.1) is 0 Å². The Morgan fingerprint density at radius 1 is 0.872 bits per heavy atom. The second kappa shape index (κ2) is 24.8. The van der Waals surface area contributed by atoms with Gasteiger partial charge in [0.05, 0.1) is 37.8 Å². The first kappa shape index (κ1) is 56.5. The van der Waals surface area contributed by atoms with E-state index in [9.17, 15) is 28.4 Å². The minimum Gasteiger partial charge on any atom is -0.381 e. The standard InChI is InChI=1S/C58H73F3N10O7/c1-35(62-5)26-64-52(40-17-20-77-21-18-40)56(75)70-30-41-12-15-43(25-45(41)54(70)55(74)67-53-47(60)7-6-8-48(53)61)66-50(72)28-65-57(76)58(4)34-71(49-24-39(11-16-46(49)58)23-38-9-13-42(59)14-10-38)51(73)32-69-29-36(2)63-27-44(69)31-68-19-22-78-33-37(68)3/h6-16,24-25,35-37,40,44,52,54,62-64H,17-23,26-34H2,1-5H3,(H,65,76)(H,66,72)(H,67,74)/t35-,36+,37+,44+,52-,54-,58?/m0/s1. The van der Waals surface area contributed by atoms with Crippen molar-refractivity contribution in [3.63, 3.8) is 0 Å². The SMILES string of the molecule is CN[C@@H](C)CN[C@H](C(=O)N1Cc2ccc(NC(=O)CNC(=O)C3(C)CN(C(=O)CN4C[C@@H](C)NC[C@@H]4CN4CCOC[C@H]4C)c4cc(Cc5ccc(F)cc5)ccc43)cc2[C@H]1C(=O)Nc1c(F)cccc1F)C1CCOCC1. The van der Waals surface area contributed by atoms with E-state index >= 15 is 8.78 Å². The van der Waals surface area contributed by atoms with E-state index in [0.717, 1.165) is 36.3 Å². The molecule has 0 saturated carbocycles. The topological polar surface area (TPSA) is 189 Å². The minimum atomic E-state index is -1.34. The molecule has 0 radical (unpaired) electrons. The summed E-state index contributed by atoms with van der Waals surface area (Å²) in [6.45, 7) is 13.3. The summed E-state index contributed by atoms with van der Waals surface area (Å²) in [5, 5.41) is 18.2. The highest BCUT2D eigenvalue weighted by Gasteiger charge is 2.48. The molecule has 6 N–H and O–H groups in total. The van der Waals surface area contributed by atoms with Crippen LogP contribution in [-0.4, -0.2) is 160 Å². The first-order valence-corrected chi connectivity index (χ1v) is 27.2. The number of fused-ring (bicyclic) bond motifs is 2. The van der Waals surface area contributed by atoms with E-state index < -0.39 is 59.1 Å². The van der Waals surface area contributed by atoms with Gasteiger partial charge in [-0.25, -0.2) is 13.2 Å². The Morgan fingerprint density at radius 3 is 2.35 bits per heavy atom. The Labute approximate surface area is 454 Å². The molecular formula is C58H73F3N10O7. The molecule has 0 bridgehead atoms. The molecular weight excluding hydrogens is 1010 g/mol. The second-order valence-corrected chi connectivity index (χ2v) is 21.9. The van der Waals surface area contributed by atoms with Crippen LogP contribution in [-0.2, 0) is 51.8 Å². The molecule has 20 heteroatoms. The molecule has 1 unspecified atom stereocenters. The van der Waals surface area contributed by atoms with E-state index in [-0.39, 0.29) is 73.0 Å². The van der Waals surface area contributed by atoms with Crippen molar-refractivity contribution in [2.75, 3.05) is 101 Å². The molecule has 0 spiro atoms. The highest BCUT2D eigenvalue weighted by molar-refractivity contribution is 6.04. The first-order chi connectivity index (χ1) is 37.5. The highest BCUT2D eigenvalue weighted by Crippen LogP contribution is 2.43. The lowest BCUT2D eigenvalue weighted by molar-refractivity contribution is -0.142. The van der Waals surface area contributed by atoms with Crippen molar-refractivity contribution in [2.45, 2.75) is 95.2 Å². The van der Waals surface area contributed by atoms with E-state index in [2.05, 4.69) is 55.5 Å². The fraction of sp³-hybridized carbons (Fsp3) is 0.500. The number of benzene rings is 4. The van der Waals surface area contributed by atoms with E-state index in [1.807, 2.05) is 32.2 Å². The number of carbonyl (C=O) groups excluding carboxylic acids is 5. The number of rotatable bonds is 18. The van der Waals surface area contributed by atoms with Gasteiger partial charge >= 0.3 is 0 Å². The number of carbonyl (C=O) groups is 5. The third kappa shape index (κ3) is 12.8. The number of piperazine rings is 1. The largest absolute Gasteiger partial charge is 0.381 e. The number of hydrogen-bond donors (Lipinski definition) is 6. The van der Waals surface area contributed by atoms with Gasteiger partial charge in [-0.05, 0) is 130 Å². The number of ether oxygens (including phenoxy) is 2. The summed E-state index contributed by atoms with van der Waals surface area (Å²) in [7, 11) is 1.82. The minimum absolute atomic E-state index is 0.00917. The molecule has 17 nitrogen and oxygen atoms in total. The molecule has 7 atom stereocenters. The quantitative estimate of drug-likeness (QED) is 0.0824. The summed E-state index contributed by atoms with van der Waals surface area (Å²) < 4.78 is 55.3. The summed E-state index contributed by atoms with van der Waals surface area (Å²) in [5.74, 6) is -4.88. The van der Waals surface area contributed by atoms with Gasteiger partial charge in [0, 0.05) is 94.6 Å². The van der Waals surface area contributed by atoms with Crippen LogP contribution >= 0.6 is 0 Å². The lowest BCUT2D eigenvalue weighted by Crippen LogP contribution is -2.62. The van der Waals surface area contributed by atoms with Crippen molar-refractivity contribution in [3.8, 4) is 0 Å². The zero-order valence-corrected chi connectivity index (χ0v) is 45.1. The lowest BCUT2D eigenvalue weighted by atomic mass is 9.83. The molecule has 4 aromatic rings. The molecule has 5 aliphatic heterocycles.